The molecule has 2 heteroatoms. The van der Waals surface area contributed by atoms with Crippen LogP contribution >= 0.6 is 23.5 Å². The standard InChI is InChI=1S/C24H34S2/c1-23(2,3)19-9-13-21(14-10-19)25-17-7-8-18-26-22-15-11-20(12-16-22)24(4,5)6/h9-16H,7-8,17-18H2,1-6H3. The molecule has 2 rings (SSSR count). The van der Waals surface area contributed by atoms with Gasteiger partial charge in [-0.2, -0.15) is 0 Å². The van der Waals surface area contributed by atoms with Crippen molar-refractivity contribution in [1.82, 2.24) is 0 Å². The normalized spacial score (nSPS) is 12.4. The summed E-state index contributed by atoms with van der Waals surface area (Å²) in [5.41, 5.74) is 3.31. The number of benzene rings is 2. The fraction of sp³-hybridized carbons (Fsp3) is 0.500. The molecule has 2 aromatic rings. The molecule has 0 aliphatic rings. The molecule has 0 amide bonds. The van der Waals surface area contributed by atoms with Crippen LogP contribution in [0.4, 0.5) is 0 Å². The summed E-state index contributed by atoms with van der Waals surface area (Å²) in [6.07, 6.45) is 2.55. The lowest BCUT2D eigenvalue weighted by molar-refractivity contribution is 0.589. The minimum atomic E-state index is 0.242. The van der Waals surface area contributed by atoms with E-state index in [-0.39, 0.29) is 10.8 Å². The molecule has 0 saturated carbocycles. The van der Waals surface area contributed by atoms with Crippen molar-refractivity contribution in [2.45, 2.75) is 75.0 Å². The zero-order valence-corrected chi connectivity index (χ0v) is 18.9. The lowest BCUT2D eigenvalue weighted by Gasteiger charge is -2.19. The third-order valence-corrected chi connectivity index (χ3v) is 6.71. The number of hydrogen-bond acceptors (Lipinski definition) is 2. The third-order valence-electron chi connectivity index (χ3n) is 4.52. The zero-order valence-electron chi connectivity index (χ0n) is 17.3. The molecule has 0 atom stereocenters. The zero-order chi connectivity index (χ0) is 19.2. The van der Waals surface area contributed by atoms with Crippen molar-refractivity contribution in [2.24, 2.45) is 0 Å². The van der Waals surface area contributed by atoms with Crippen molar-refractivity contribution in [3.05, 3.63) is 59.7 Å². The average Bonchev–Trinajstić information content (AvgIpc) is 2.57. The van der Waals surface area contributed by atoms with Gasteiger partial charge in [0.05, 0.1) is 0 Å². The molecule has 0 spiro atoms. The van der Waals surface area contributed by atoms with Crippen LogP contribution in [0.25, 0.3) is 0 Å². The van der Waals surface area contributed by atoms with Crippen molar-refractivity contribution in [3.8, 4) is 0 Å². The summed E-state index contributed by atoms with van der Waals surface area (Å²) in [6, 6.07) is 18.2. The third kappa shape index (κ3) is 7.04. The van der Waals surface area contributed by atoms with Crippen molar-refractivity contribution in [3.63, 3.8) is 0 Å². The highest BCUT2D eigenvalue weighted by molar-refractivity contribution is 7.99. The minimum absolute atomic E-state index is 0.242. The van der Waals surface area contributed by atoms with Crippen LogP contribution in [0.3, 0.4) is 0 Å². The fourth-order valence-corrected chi connectivity index (χ4v) is 4.51. The van der Waals surface area contributed by atoms with E-state index >= 15 is 0 Å². The molecule has 26 heavy (non-hydrogen) atoms. The van der Waals surface area contributed by atoms with Crippen LogP contribution in [-0.4, -0.2) is 11.5 Å². The molecular weight excluding hydrogens is 352 g/mol. The number of hydrogen-bond donors (Lipinski definition) is 0. The second kappa shape index (κ2) is 9.37. The Kier molecular flexibility index (Phi) is 7.73. The second-order valence-corrected chi connectivity index (χ2v) is 11.3. The van der Waals surface area contributed by atoms with Gasteiger partial charge in [0.2, 0.25) is 0 Å². The molecule has 0 aromatic heterocycles. The summed E-state index contributed by atoms with van der Waals surface area (Å²) in [4.78, 5) is 2.78. The first-order valence-electron chi connectivity index (χ1n) is 9.63. The second-order valence-electron chi connectivity index (χ2n) is 8.95. The number of thioether (sulfide) groups is 2. The maximum Gasteiger partial charge on any atom is 0.00721 e. The Hall–Kier alpha value is -0.860. The van der Waals surface area contributed by atoms with Gasteiger partial charge >= 0.3 is 0 Å². The van der Waals surface area contributed by atoms with E-state index in [9.17, 15) is 0 Å². The van der Waals surface area contributed by atoms with Crippen molar-refractivity contribution in [2.75, 3.05) is 11.5 Å². The summed E-state index contributed by atoms with van der Waals surface area (Å²) in [5, 5.41) is 0. The van der Waals surface area contributed by atoms with Gasteiger partial charge in [-0.3, -0.25) is 0 Å². The van der Waals surface area contributed by atoms with Gasteiger partial charge < -0.3 is 0 Å². The van der Waals surface area contributed by atoms with Crippen molar-refractivity contribution >= 4 is 23.5 Å². The van der Waals surface area contributed by atoms with E-state index in [0.717, 1.165) is 0 Å². The first kappa shape index (κ1) is 21.4. The Morgan fingerprint density at radius 1 is 0.538 bits per heavy atom. The quantitative estimate of drug-likeness (QED) is 0.350. The Bertz CT molecular complexity index is 594. The van der Waals surface area contributed by atoms with Crippen LogP contribution in [-0.2, 0) is 10.8 Å². The highest BCUT2D eigenvalue weighted by atomic mass is 32.2. The summed E-state index contributed by atoms with van der Waals surface area (Å²) < 4.78 is 0. The monoisotopic (exact) mass is 386 g/mol. The Labute approximate surface area is 169 Å². The van der Waals surface area contributed by atoms with Crippen LogP contribution in [0.15, 0.2) is 58.3 Å². The van der Waals surface area contributed by atoms with Gasteiger partial charge in [-0.15, -0.1) is 23.5 Å². The summed E-state index contributed by atoms with van der Waals surface area (Å²) >= 11 is 3.96. The van der Waals surface area contributed by atoms with Gasteiger partial charge in [-0.1, -0.05) is 65.8 Å². The number of unbranched alkanes of at least 4 members (excludes halogenated alkanes) is 1. The average molecular weight is 387 g/mol. The Morgan fingerprint density at radius 2 is 0.846 bits per heavy atom. The van der Waals surface area contributed by atoms with E-state index in [1.807, 2.05) is 23.5 Å². The van der Waals surface area contributed by atoms with Crippen molar-refractivity contribution in [1.29, 1.82) is 0 Å². The molecule has 0 radical (unpaired) electrons. The topological polar surface area (TPSA) is 0 Å². The van der Waals surface area contributed by atoms with Crippen molar-refractivity contribution < 1.29 is 0 Å². The van der Waals surface area contributed by atoms with Crippen LogP contribution in [0.1, 0.15) is 65.5 Å². The van der Waals surface area contributed by atoms with E-state index in [0.29, 0.717) is 0 Å². The van der Waals surface area contributed by atoms with E-state index in [1.54, 1.807) is 0 Å². The molecule has 0 aliphatic heterocycles. The van der Waals surface area contributed by atoms with E-state index < -0.39 is 0 Å². The Balaban J connectivity index is 1.65. The van der Waals surface area contributed by atoms with Crippen LogP contribution in [0.2, 0.25) is 0 Å². The molecule has 142 valence electrons. The fourth-order valence-electron chi connectivity index (χ4n) is 2.69. The largest absolute Gasteiger partial charge is 0.126 e. The summed E-state index contributed by atoms with van der Waals surface area (Å²) in [6.45, 7) is 13.6. The first-order chi connectivity index (χ1) is 12.2. The molecule has 0 nitrogen and oxygen atoms in total. The smallest absolute Gasteiger partial charge is 0.00721 e. The molecule has 0 heterocycles. The SMILES string of the molecule is CC(C)(C)c1ccc(SCCCCSc2ccc(C(C)(C)C)cc2)cc1. The van der Waals surface area contributed by atoms with Crippen LogP contribution in [0.5, 0.6) is 0 Å². The maximum absolute atomic E-state index is 2.28. The summed E-state index contributed by atoms with van der Waals surface area (Å²) in [5.74, 6) is 2.41. The molecule has 0 unspecified atom stereocenters. The number of rotatable bonds is 7. The van der Waals surface area contributed by atoms with E-state index in [2.05, 4.69) is 90.1 Å². The molecule has 0 aliphatic carbocycles. The summed E-state index contributed by atoms with van der Waals surface area (Å²) in [7, 11) is 0. The minimum Gasteiger partial charge on any atom is -0.126 e. The maximum atomic E-state index is 2.28. The predicted molar refractivity (Wildman–Crippen MR) is 121 cm³/mol. The molecule has 0 N–H and O–H groups in total. The van der Waals surface area contributed by atoms with Crippen LogP contribution in [0, 0.1) is 0 Å². The molecular formula is C24H34S2. The highest BCUT2D eigenvalue weighted by Gasteiger charge is 2.13. The molecule has 0 fully saturated rings. The van der Waals surface area contributed by atoms with Gasteiger partial charge in [0.1, 0.15) is 0 Å². The van der Waals surface area contributed by atoms with E-state index in [1.165, 1.54) is 45.3 Å². The van der Waals surface area contributed by atoms with Crippen LogP contribution < -0.4 is 0 Å². The van der Waals surface area contributed by atoms with Gasteiger partial charge in [-0.05, 0) is 70.6 Å². The van der Waals surface area contributed by atoms with Gasteiger partial charge in [0, 0.05) is 9.79 Å². The molecule has 0 saturated heterocycles. The molecule has 2 aromatic carbocycles. The lowest BCUT2D eigenvalue weighted by atomic mass is 9.87. The first-order valence-corrected chi connectivity index (χ1v) is 11.6. The van der Waals surface area contributed by atoms with Gasteiger partial charge in [0.25, 0.3) is 0 Å². The van der Waals surface area contributed by atoms with Gasteiger partial charge in [0.15, 0.2) is 0 Å². The Morgan fingerprint density at radius 3 is 1.12 bits per heavy atom. The highest BCUT2D eigenvalue weighted by Crippen LogP contribution is 2.28. The molecule has 0 bridgehead atoms. The van der Waals surface area contributed by atoms with E-state index in [4.69, 9.17) is 0 Å². The van der Waals surface area contributed by atoms with Gasteiger partial charge in [-0.25, -0.2) is 0 Å². The lowest BCUT2D eigenvalue weighted by Crippen LogP contribution is -2.10. The predicted octanol–water partition coefficient (Wildman–Crippen LogP) is 7.95.